The Hall–Kier alpha value is -1.77. The Kier molecular flexibility index (Phi) is 2.17. The molecule has 1 unspecified atom stereocenters. The number of oxime groups is 1. The number of hydrogen-bond donors (Lipinski definition) is 2. The van der Waals surface area contributed by atoms with E-state index in [1.807, 2.05) is 0 Å². The van der Waals surface area contributed by atoms with Crippen molar-refractivity contribution in [1.29, 1.82) is 0 Å². The van der Waals surface area contributed by atoms with Gasteiger partial charge in [0.25, 0.3) is 0 Å². The maximum Gasteiger partial charge on any atom is 0.0470 e. The molecule has 1 atom stereocenters. The largest absolute Gasteiger partial charge is 0.411 e. The van der Waals surface area contributed by atoms with Crippen LogP contribution in [0.2, 0.25) is 0 Å². The molecule has 0 saturated carbocycles. The van der Waals surface area contributed by atoms with Crippen LogP contribution in [0.5, 0.6) is 0 Å². The summed E-state index contributed by atoms with van der Waals surface area (Å²) in [4.78, 5) is 3.47. The summed E-state index contributed by atoms with van der Waals surface area (Å²) >= 11 is 0. The SMILES string of the molecule is ON=CC1CCc2[nH]c3ccccc3c2C1. The molecule has 0 amide bonds. The fraction of sp³-hybridized carbons (Fsp3) is 0.308. The lowest BCUT2D eigenvalue weighted by Gasteiger charge is -2.18. The quantitative estimate of drug-likeness (QED) is 0.428. The third-order valence-corrected chi connectivity index (χ3v) is 3.41. The van der Waals surface area contributed by atoms with Gasteiger partial charge in [0.15, 0.2) is 0 Å². The number of benzene rings is 1. The lowest BCUT2D eigenvalue weighted by atomic mass is 9.87. The van der Waals surface area contributed by atoms with Gasteiger partial charge in [-0.1, -0.05) is 18.2 Å². The van der Waals surface area contributed by atoms with E-state index in [-0.39, 0.29) is 0 Å². The molecule has 1 aliphatic rings. The van der Waals surface area contributed by atoms with Crippen LogP contribution in [0.3, 0.4) is 0 Å². The zero-order valence-electron chi connectivity index (χ0n) is 8.98. The van der Waals surface area contributed by atoms with E-state index in [0.29, 0.717) is 5.92 Å². The van der Waals surface area contributed by atoms with E-state index < -0.39 is 0 Å². The molecule has 1 aromatic carbocycles. The van der Waals surface area contributed by atoms with Crippen molar-refractivity contribution in [3.05, 3.63) is 35.5 Å². The third-order valence-electron chi connectivity index (χ3n) is 3.41. The Bertz CT molecular complexity index is 542. The van der Waals surface area contributed by atoms with E-state index in [4.69, 9.17) is 5.21 Å². The molecule has 0 fully saturated rings. The Morgan fingerprint density at radius 3 is 3.12 bits per heavy atom. The number of rotatable bonds is 1. The van der Waals surface area contributed by atoms with E-state index in [9.17, 15) is 0 Å². The first-order valence-electron chi connectivity index (χ1n) is 5.64. The molecule has 0 saturated heterocycles. The molecule has 0 bridgehead atoms. The second-order valence-electron chi connectivity index (χ2n) is 4.40. The number of aromatic amines is 1. The number of aryl methyl sites for hydroxylation is 1. The number of H-pyrrole nitrogens is 1. The summed E-state index contributed by atoms with van der Waals surface area (Å²) in [5.41, 5.74) is 3.96. The van der Waals surface area contributed by atoms with E-state index in [1.54, 1.807) is 6.21 Å². The van der Waals surface area contributed by atoms with Gasteiger partial charge in [-0.25, -0.2) is 0 Å². The molecule has 0 radical (unpaired) electrons. The van der Waals surface area contributed by atoms with Gasteiger partial charge < -0.3 is 10.2 Å². The van der Waals surface area contributed by atoms with Crippen molar-refractivity contribution in [3.8, 4) is 0 Å². The zero-order chi connectivity index (χ0) is 11.0. The van der Waals surface area contributed by atoms with Crippen LogP contribution in [-0.4, -0.2) is 16.4 Å². The zero-order valence-corrected chi connectivity index (χ0v) is 8.98. The number of hydrogen-bond acceptors (Lipinski definition) is 2. The Labute approximate surface area is 93.8 Å². The minimum absolute atomic E-state index is 0.372. The standard InChI is InChI=1S/C13H14N2O/c16-14-8-9-5-6-13-11(7-9)10-3-1-2-4-12(10)15-13/h1-4,8-9,15-16H,5-7H2. The van der Waals surface area contributed by atoms with Gasteiger partial charge in [0.2, 0.25) is 0 Å². The van der Waals surface area contributed by atoms with Crippen molar-refractivity contribution >= 4 is 17.1 Å². The predicted octanol–water partition coefficient (Wildman–Crippen LogP) is 2.73. The normalized spacial score (nSPS) is 20.4. The molecule has 16 heavy (non-hydrogen) atoms. The lowest BCUT2D eigenvalue weighted by Crippen LogP contribution is -2.14. The lowest BCUT2D eigenvalue weighted by molar-refractivity contribution is 0.317. The molecule has 3 nitrogen and oxygen atoms in total. The van der Waals surface area contributed by atoms with Crippen molar-refractivity contribution in [2.75, 3.05) is 0 Å². The highest BCUT2D eigenvalue weighted by Crippen LogP contribution is 2.30. The van der Waals surface area contributed by atoms with E-state index in [1.165, 1.54) is 22.2 Å². The van der Waals surface area contributed by atoms with Crippen LogP contribution in [-0.2, 0) is 12.8 Å². The van der Waals surface area contributed by atoms with Gasteiger partial charge in [0.05, 0.1) is 0 Å². The Morgan fingerprint density at radius 1 is 1.38 bits per heavy atom. The average molecular weight is 214 g/mol. The van der Waals surface area contributed by atoms with Gasteiger partial charge in [-0.2, -0.15) is 0 Å². The summed E-state index contributed by atoms with van der Waals surface area (Å²) in [7, 11) is 0. The van der Waals surface area contributed by atoms with Crippen molar-refractivity contribution in [2.24, 2.45) is 11.1 Å². The van der Waals surface area contributed by atoms with E-state index in [0.717, 1.165) is 19.3 Å². The fourth-order valence-electron chi connectivity index (χ4n) is 2.62. The summed E-state index contributed by atoms with van der Waals surface area (Å²) in [6.45, 7) is 0. The van der Waals surface area contributed by atoms with Crippen LogP contribution in [0.25, 0.3) is 10.9 Å². The van der Waals surface area contributed by atoms with Gasteiger partial charge in [-0.3, -0.25) is 0 Å². The number of nitrogens with one attached hydrogen (secondary N) is 1. The van der Waals surface area contributed by atoms with Gasteiger partial charge in [-0.15, -0.1) is 5.16 Å². The average Bonchev–Trinajstić information content (AvgIpc) is 2.68. The molecule has 82 valence electrons. The summed E-state index contributed by atoms with van der Waals surface area (Å²) in [6, 6.07) is 8.39. The molecule has 0 aliphatic heterocycles. The molecular formula is C13H14N2O. The second kappa shape index (κ2) is 3.67. The van der Waals surface area contributed by atoms with Crippen LogP contribution in [0, 0.1) is 5.92 Å². The van der Waals surface area contributed by atoms with E-state index >= 15 is 0 Å². The Morgan fingerprint density at radius 2 is 2.25 bits per heavy atom. The summed E-state index contributed by atoms with van der Waals surface area (Å²) in [6.07, 6.45) is 4.73. The number of aromatic nitrogens is 1. The molecular weight excluding hydrogens is 200 g/mol. The highest BCUT2D eigenvalue weighted by molar-refractivity contribution is 5.85. The van der Waals surface area contributed by atoms with Crippen molar-refractivity contribution in [2.45, 2.75) is 19.3 Å². The molecule has 2 aromatic rings. The first-order chi connectivity index (χ1) is 7.88. The van der Waals surface area contributed by atoms with Crippen molar-refractivity contribution < 1.29 is 5.21 Å². The highest BCUT2D eigenvalue weighted by atomic mass is 16.4. The minimum atomic E-state index is 0.372. The molecule has 0 spiro atoms. The summed E-state index contributed by atoms with van der Waals surface area (Å²) in [5, 5.41) is 13.1. The molecule has 1 aromatic heterocycles. The maximum absolute atomic E-state index is 8.59. The number of nitrogens with zero attached hydrogens (tertiary/aromatic N) is 1. The van der Waals surface area contributed by atoms with Crippen LogP contribution in [0.1, 0.15) is 17.7 Å². The summed E-state index contributed by atoms with van der Waals surface area (Å²) < 4.78 is 0. The molecule has 2 N–H and O–H groups in total. The van der Waals surface area contributed by atoms with E-state index in [2.05, 4.69) is 34.4 Å². The molecule has 1 heterocycles. The second-order valence-corrected chi connectivity index (χ2v) is 4.40. The fourth-order valence-corrected chi connectivity index (χ4v) is 2.62. The van der Waals surface area contributed by atoms with Crippen LogP contribution in [0.4, 0.5) is 0 Å². The molecule has 1 aliphatic carbocycles. The number of para-hydroxylation sites is 1. The summed E-state index contributed by atoms with van der Waals surface area (Å²) in [5.74, 6) is 0.372. The monoisotopic (exact) mass is 214 g/mol. The number of fused-ring (bicyclic) bond motifs is 3. The third kappa shape index (κ3) is 1.40. The topological polar surface area (TPSA) is 48.4 Å². The smallest absolute Gasteiger partial charge is 0.0470 e. The van der Waals surface area contributed by atoms with Gasteiger partial charge in [-0.05, 0) is 30.9 Å². The molecule has 3 rings (SSSR count). The maximum atomic E-state index is 8.59. The van der Waals surface area contributed by atoms with Gasteiger partial charge in [0, 0.05) is 28.7 Å². The minimum Gasteiger partial charge on any atom is -0.411 e. The van der Waals surface area contributed by atoms with Gasteiger partial charge in [0.1, 0.15) is 0 Å². The van der Waals surface area contributed by atoms with Crippen molar-refractivity contribution in [3.63, 3.8) is 0 Å². The van der Waals surface area contributed by atoms with Crippen LogP contribution in [0.15, 0.2) is 29.4 Å². The molecule has 3 heteroatoms. The Balaban J connectivity index is 2.08. The highest BCUT2D eigenvalue weighted by Gasteiger charge is 2.21. The van der Waals surface area contributed by atoms with Crippen LogP contribution >= 0.6 is 0 Å². The predicted molar refractivity (Wildman–Crippen MR) is 64.1 cm³/mol. The van der Waals surface area contributed by atoms with Crippen LogP contribution < -0.4 is 0 Å². The first kappa shape index (κ1) is 9.46. The van der Waals surface area contributed by atoms with Crippen molar-refractivity contribution in [1.82, 2.24) is 4.98 Å². The van der Waals surface area contributed by atoms with Gasteiger partial charge >= 0.3 is 0 Å². The first-order valence-corrected chi connectivity index (χ1v) is 5.64.